The van der Waals surface area contributed by atoms with Crippen LogP contribution in [0.3, 0.4) is 0 Å². The Morgan fingerprint density at radius 2 is 2.00 bits per heavy atom. The first-order chi connectivity index (χ1) is 9.63. The van der Waals surface area contributed by atoms with E-state index in [0.29, 0.717) is 5.56 Å². The quantitative estimate of drug-likeness (QED) is 0.905. The number of amides is 1. The molecule has 1 N–H and O–H groups in total. The standard InChI is InChI=1S/C16H20N2O2/c1-4-13(15-10-7-11-20-15)17-14-9-6-5-8-12(14)16(19)18(2)3/h5-11,13,17H,4H2,1-3H3. The molecule has 1 unspecified atom stereocenters. The summed E-state index contributed by atoms with van der Waals surface area (Å²) in [5.74, 6) is 0.863. The average molecular weight is 272 g/mol. The number of rotatable bonds is 5. The minimum atomic E-state index is -0.0117. The van der Waals surface area contributed by atoms with Crippen molar-refractivity contribution < 1.29 is 9.21 Å². The van der Waals surface area contributed by atoms with Gasteiger partial charge in [0.15, 0.2) is 0 Å². The highest BCUT2D eigenvalue weighted by Gasteiger charge is 2.17. The number of anilines is 1. The van der Waals surface area contributed by atoms with Gasteiger partial charge < -0.3 is 14.6 Å². The van der Waals surface area contributed by atoms with Crippen LogP contribution in [0.2, 0.25) is 0 Å². The number of carbonyl (C=O) groups is 1. The van der Waals surface area contributed by atoms with Crippen molar-refractivity contribution in [3.8, 4) is 0 Å². The Morgan fingerprint density at radius 1 is 1.25 bits per heavy atom. The summed E-state index contributed by atoms with van der Waals surface area (Å²) in [6.45, 7) is 2.08. The Labute approximate surface area is 119 Å². The van der Waals surface area contributed by atoms with Crippen LogP contribution in [0.5, 0.6) is 0 Å². The first kappa shape index (κ1) is 14.2. The molecular formula is C16H20N2O2. The van der Waals surface area contributed by atoms with E-state index in [1.807, 2.05) is 36.4 Å². The lowest BCUT2D eigenvalue weighted by Crippen LogP contribution is -2.23. The number of para-hydroxylation sites is 1. The molecule has 1 heterocycles. The Kier molecular flexibility index (Phi) is 4.45. The Balaban J connectivity index is 2.27. The summed E-state index contributed by atoms with van der Waals surface area (Å²) in [5, 5.41) is 3.39. The smallest absolute Gasteiger partial charge is 0.255 e. The van der Waals surface area contributed by atoms with Crippen molar-refractivity contribution in [2.45, 2.75) is 19.4 Å². The van der Waals surface area contributed by atoms with Crippen molar-refractivity contribution in [1.82, 2.24) is 4.90 Å². The monoisotopic (exact) mass is 272 g/mol. The fourth-order valence-corrected chi connectivity index (χ4v) is 2.09. The number of hydrogen-bond acceptors (Lipinski definition) is 3. The molecule has 1 aromatic carbocycles. The number of nitrogens with zero attached hydrogens (tertiary/aromatic N) is 1. The van der Waals surface area contributed by atoms with Gasteiger partial charge in [0.1, 0.15) is 5.76 Å². The minimum absolute atomic E-state index is 0.0117. The van der Waals surface area contributed by atoms with Crippen LogP contribution in [0.4, 0.5) is 5.69 Å². The van der Waals surface area contributed by atoms with Gasteiger partial charge in [-0.1, -0.05) is 19.1 Å². The molecule has 1 amide bonds. The van der Waals surface area contributed by atoms with E-state index in [0.717, 1.165) is 17.9 Å². The molecule has 0 radical (unpaired) electrons. The maximum atomic E-state index is 12.2. The highest BCUT2D eigenvalue weighted by Crippen LogP contribution is 2.25. The molecule has 0 aliphatic heterocycles. The molecule has 20 heavy (non-hydrogen) atoms. The van der Waals surface area contributed by atoms with E-state index >= 15 is 0 Å². The highest BCUT2D eigenvalue weighted by molar-refractivity contribution is 5.99. The number of nitrogens with one attached hydrogen (secondary N) is 1. The van der Waals surface area contributed by atoms with Gasteiger partial charge in [-0.2, -0.15) is 0 Å². The van der Waals surface area contributed by atoms with Crippen molar-refractivity contribution in [3.63, 3.8) is 0 Å². The fourth-order valence-electron chi connectivity index (χ4n) is 2.09. The molecule has 0 aliphatic carbocycles. The molecule has 4 heteroatoms. The summed E-state index contributed by atoms with van der Waals surface area (Å²) < 4.78 is 5.45. The number of carbonyl (C=O) groups excluding carboxylic acids is 1. The Morgan fingerprint density at radius 3 is 2.60 bits per heavy atom. The second-order valence-electron chi connectivity index (χ2n) is 4.87. The maximum absolute atomic E-state index is 12.2. The molecule has 4 nitrogen and oxygen atoms in total. The van der Waals surface area contributed by atoms with Crippen LogP contribution in [0.1, 0.15) is 35.5 Å². The van der Waals surface area contributed by atoms with Gasteiger partial charge >= 0.3 is 0 Å². The van der Waals surface area contributed by atoms with Crippen molar-refractivity contribution >= 4 is 11.6 Å². The van der Waals surface area contributed by atoms with Crippen LogP contribution >= 0.6 is 0 Å². The van der Waals surface area contributed by atoms with Gasteiger partial charge in [0.25, 0.3) is 5.91 Å². The van der Waals surface area contributed by atoms with Gasteiger partial charge in [-0.05, 0) is 30.7 Å². The van der Waals surface area contributed by atoms with Crippen LogP contribution in [-0.2, 0) is 0 Å². The van der Waals surface area contributed by atoms with Crippen molar-refractivity contribution in [2.24, 2.45) is 0 Å². The number of hydrogen-bond donors (Lipinski definition) is 1. The maximum Gasteiger partial charge on any atom is 0.255 e. The van der Waals surface area contributed by atoms with Gasteiger partial charge in [-0.15, -0.1) is 0 Å². The van der Waals surface area contributed by atoms with Gasteiger partial charge in [0.2, 0.25) is 0 Å². The summed E-state index contributed by atoms with van der Waals surface area (Å²) in [7, 11) is 3.51. The molecule has 2 aromatic rings. The molecule has 1 atom stereocenters. The van der Waals surface area contributed by atoms with Crippen molar-refractivity contribution in [1.29, 1.82) is 0 Å². The molecular weight excluding hydrogens is 252 g/mol. The van der Waals surface area contributed by atoms with Crippen LogP contribution in [-0.4, -0.2) is 24.9 Å². The van der Waals surface area contributed by atoms with E-state index in [1.165, 1.54) is 0 Å². The average Bonchev–Trinajstić information content (AvgIpc) is 2.98. The third-order valence-corrected chi connectivity index (χ3v) is 3.19. The molecule has 0 saturated heterocycles. The van der Waals surface area contributed by atoms with E-state index in [-0.39, 0.29) is 11.9 Å². The van der Waals surface area contributed by atoms with Crippen LogP contribution in [0.25, 0.3) is 0 Å². The summed E-state index contributed by atoms with van der Waals surface area (Å²) >= 11 is 0. The molecule has 0 spiro atoms. The van der Waals surface area contributed by atoms with Crippen LogP contribution in [0, 0.1) is 0 Å². The van der Waals surface area contributed by atoms with Crippen LogP contribution < -0.4 is 5.32 Å². The summed E-state index contributed by atoms with van der Waals surface area (Å²) in [4.78, 5) is 13.8. The topological polar surface area (TPSA) is 45.5 Å². The van der Waals surface area contributed by atoms with E-state index in [1.54, 1.807) is 25.3 Å². The number of furan rings is 1. The molecule has 0 saturated carbocycles. The Bertz CT molecular complexity index is 562. The van der Waals surface area contributed by atoms with E-state index in [2.05, 4.69) is 12.2 Å². The first-order valence-corrected chi connectivity index (χ1v) is 6.74. The largest absolute Gasteiger partial charge is 0.467 e. The zero-order valence-corrected chi connectivity index (χ0v) is 12.1. The molecule has 2 rings (SSSR count). The van der Waals surface area contributed by atoms with Gasteiger partial charge in [-0.3, -0.25) is 4.79 Å². The van der Waals surface area contributed by atoms with E-state index in [4.69, 9.17) is 4.42 Å². The molecule has 106 valence electrons. The second kappa shape index (κ2) is 6.28. The molecule has 0 fully saturated rings. The predicted octanol–water partition coefficient (Wildman–Crippen LogP) is 3.54. The van der Waals surface area contributed by atoms with Crippen molar-refractivity contribution in [3.05, 3.63) is 54.0 Å². The first-order valence-electron chi connectivity index (χ1n) is 6.74. The van der Waals surface area contributed by atoms with Gasteiger partial charge in [0.05, 0.1) is 17.9 Å². The minimum Gasteiger partial charge on any atom is -0.467 e. The molecule has 0 bridgehead atoms. The third-order valence-electron chi connectivity index (χ3n) is 3.19. The Hall–Kier alpha value is -2.23. The van der Waals surface area contributed by atoms with E-state index in [9.17, 15) is 4.79 Å². The van der Waals surface area contributed by atoms with Gasteiger partial charge in [0, 0.05) is 19.8 Å². The SMILES string of the molecule is CCC(Nc1ccccc1C(=O)N(C)C)c1ccco1. The zero-order chi connectivity index (χ0) is 14.5. The second-order valence-corrected chi connectivity index (χ2v) is 4.87. The fraction of sp³-hybridized carbons (Fsp3) is 0.312. The summed E-state index contributed by atoms with van der Waals surface area (Å²) in [6, 6.07) is 11.4. The lowest BCUT2D eigenvalue weighted by atomic mass is 10.1. The zero-order valence-electron chi connectivity index (χ0n) is 12.1. The van der Waals surface area contributed by atoms with E-state index < -0.39 is 0 Å². The lowest BCUT2D eigenvalue weighted by Gasteiger charge is -2.20. The highest BCUT2D eigenvalue weighted by atomic mass is 16.3. The van der Waals surface area contributed by atoms with Crippen molar-refractivity contribution in [2.75, 3.05) is 19.4 Å². The molecule has 1 aromatic heterocycles. The van der Waals surface area contributed by atoms with Gasteiger partial charge in [-0.25, -0.2) is 0 Å². The van der Waals surface area contributed by atoms with Crippen LogP contribution in [0.15, 0.2) is 47.1 Å². The summed E-state index contributed by atoms with van der Waals surface area (Å²) in [6.07, 6.45) is 2.54. The predicted molar refractivity (Wildman–Crippen MR) is 79.8 cm³/mol. The third kappa shape index (κ3) is 3.02. The normalized spacial score (nSPS) is 11.9. The molecule has 0 aliphatic rings. The lowest BCUT2D eigenvalue weighted by molar-refractivity contribution is 0.0828. The number of benzene rings is 1. The summed E-state index contributed by atoms with van der Waals surface area (Å²) in [5.41, 5.74) is 1.50.